The Balaban J connectivity index is 2.30. The fourth-order valence-corrected chi connectivity index (χ4v) is 1.74. The van der Waals surface area contributed by atoms with E-state index in [1.165, 1.54) is 5.56 Å². The molecule has 0 amide bonds. The van der Waals surface area contributed by atoms with Gasteiger partial charge in [0.15, 0.2) is 0 Å². The summed E-state index contributed by atoms with van der Waals surface area (Å²) in [6, 6.07) is 7.92. The summed E-state index contributed by atoms with van der Waals surface area (Å²) in [6.45, 7) is 3.82. The van der Waals surface area contributed by atoms with E-state index in [1.54, 1.807) is 6.92 Å². The van der Waals surface area contributed by atoms with Crippen molar-refractivity contribution in [3.8, 4) is 11.5 Å². The van der Waals surface area contributed by atoms with Crippen LogP contribution >= 0.6 is 0 Å². The van der Waals surface area contributed by atoms with E-state index in [1.807, 2.05) is 24.3 Å². The number of carboxylic acids is 1. The van der Waals surface area contributed by atoms with Gasteiger partial charge in [0.2, 0.25) is 5.89 Å². The predicted molar refractivity (Wildman–Crippen MR) is 67.4 cm³/mol. The number of hydrogen-bond acceptors (Lipinski definition) is 3. The Morgan fingerprint density at radius 2 is 2.00 bits per heavy atom. The zero-order valence-electron chi connectivity index (χ0n) is 10.4. The van der Waals surface area contributed by atoms with Crippen LogP contribution in [0.2, 0.25) is 0 Å². The standard InChI is InChI=1S/C14H15NO3/c1-3-10-4-6-11(7-5-10)14-15-12(8-13(16)17)9(2)18-14/h4-7H,3,8H2,1-2H3,(H,16,17). The molecule has 2 aromatic rings. The lowest BCUT2D eigenvalue weighted by atomic mass is 10.1. The van der Waals surface area contributed by atoms with Gasteiger partial charge in [-0.1, -0.05) is 19.1 Å². The summed E-state index contributed by atoms with van der Waals surface area (Å²) in [5.41, 5.74) is 2.59. The molecule has 0 saturated heterocycles. The highest BCUT2D eigenvalue weighted by atomic mass is 16.4. The molecule has 0 aliphatic carbocycles. The van der Waals surface area contributed by atoms with Crippen LogP contribution in [0.1, 0.15) is 23.9 Å². The minimum absolute atomic E-state index is 0.109. The maximum absolute atomic E-state index is 10.7. The molecule has 1 aromatic carbocycles. The van der Waals surface area contributed by atoms with Gasteiger partial charge in [-0.2, -0.15) is 0 Å². The molecule has 0 aliphatic heterocycles. The third kappa shape index (κ3) is 2.59. The lowest BCUT2D eigenvalue weighted by molar-refractivity contribution is -0.136. The highest BCUT2D eigenvalue weighted by molar-refractivity contribution is 5.70. The van der Waals surface area contributed by atoms with Gasteiger partial charge in [-0.05, 0) is 31.0 Å². The van der Waals surface area contributed by atoms with Crippen LogP contribution < -0.4 is 0 Å². The fourth-order valence-electron chi connectivity index (χ4n) is 1.74. The van der Waals surface area contributed by atoms with Gasteiger partial charge >= 0.3 is 5.97 Å². The Labute approximate surface area is 105 Å². The molecule has 0 spiro atoms. The lowest BCUT2D eigenvalue weighted by Gasteiger charge is -1.97. The van der Waals surface area contributed by atoms with Gasteiger partial charge in [-0.3, -0.25) is 4.79 Å². The normalized spacial score (nSPS) is 10.6. The minimum atomic E-state index is -0.903. The molecular weight excluding hydrogens is 230 g/mol. The third-order valence-corrected chi connectivity index (χ3v) is 2.82. The van der Waals surface area contributed by atoms with Gasteiger partial charge in [0.1, 0.15) is 5.76 Å². The number of carboxylic acid groups (broad SMARTS) is 1. The maximum atomic E-state index is 10.7. The summed E-state index contributed by atoms with van der Waals surface area (Å²) >= 11 is 0. The molecule has 1 heterocycles. The number of carbonyl (C=O) groups is 1. The molecule has 18 heavy (non-hydrogen) atoms. The molecule has 4 heteroatoms. The van der Waals surface area contributed by atoms with Crippen molar-refractivity contribution in [1.29, 1.82) is 0 Å². The van der Waals surface area contributed by atoms with E-state index in [4.69, 9.17) is 9.52 Å². The summed E-state index contributed by atoms with van der Waals surface area (Å²) in [4.78, 5) is 14.9. The molecule has 2 rings (SSSR count). The maximum Gasteiger partial charge on any atom is 0.309 e. The number of nitrogens with zero attached hydrogens (tertiary/aromatic N) is 1. The second-order valence-electron chi connectivity index (χ2n) is 4.14. The van der Waals surface area contributed by atoms with Crippen molar-refractivity contribution in [2.75, 3.05) is 0 Å². The van der Waals surface area contributed by atoms with Gasteiger partial charge in [-0.15, -0.1) is 0 Å². The van der Waals surface area contributed by atoms with Gasteiger partial charge in [0.25, 0.3) is 0 Å². The average molecular weight is 245 g/mol. The number of rotatable bonds is 4. The molecule has 0 aliphatic rings. The first-order valence-electron chi connectivity index (χ1n) is 5.87. The molecule has 0 radical (unpaired) electrons. The van der Waals surface area contributed by atoms with Crippen LogP contribution in [-0.2, 0) is 17.6 Å². The van der Waals surface area contributed by atoms with Crippen LogP contribution in [0.15, 0.2) is 28.7 Å². The van der Waals surface area contributed by atoms with Crippen LogP contribution in [0.4, 0.5) is 0 Å². The molecule has 0 saturated carbocycles. The SMILES string of the molecule is CCc1ccc(-c2nc(CC(=O)O)c(C)o2)cc1. The number of benzene rings is 1. The Hall–Kier alpha value is -2.10. The minimum Gasteiger partial charge on any atom is -0.481 e. The molecule has 0 bridgehead atoms. The summed E-state index contributed by atoms with van der Waals surface area (Å²) in [5, 5.41) is 8.76. The number of aliphatic carboxylic acids is 1. The first-order valence-corrected chi connectivity index (χ1v) is 5.87. The summed E-state index contributed by atoms with van der Waals surface area (Å²) in [5.74, 6) is 0.137. The zero-order chi connectivity index (χ0) is 13.1. The molecule has 0 fully saturated rings. The number of oxazole rings is 1. The van der Waals surface area contributed by atoms with Crippen LogP contribution in [0.3, 0.4) is 0 Å². The molecule has 94 valence electrons. The smallest absolute Gasteiger partial charge is 0.309 e. The van der Waals surface area contributed by atoms with E-state index in [0.717, 1.165) is 12.0 Å². The van der Waals surface area contributed by atoms with Crippen LogP contribution in [0, 0.1) is 6.92 Å². The van der Waals surface area contributed by atoms with Crippen LogP contribution in [-0.4, -0.2) is 16.1 Å². The predicted octanol–water partition coefficient (Wildman–Crippen LogP) is 2.84. The Morgan fingerprint density at radius 3 is 2.56 bits per heavy atom. The zero-order valence-corrected chi connectivity index (χ0v) is 10.4. The second-order valence-corrected chi connectivity index (χ2v) is 4.14. The van der Waals surface area contributed by atoms with Crippen molar-refractivity contribution in [1.82, 2.24) is 4.98 Å². The second kappa shape index (κ2) is 5.04. The summed E-state index contributed by atoms with van der Waals surface area (Å²) in [6.07, 6.45) is 0.873. The molecule has 1 N–H and O–H groups in total. The van der Waals surface area contributed by atoms with Gasteiger partial charge in [0, 0.05) is 5.56 Å². The first-order chi connectivity index (χ1) is 8.60. The average Bonchev–Trinajstić information content (AvgIpc) is 2.70. The molecular formula is C14H15NO3. The molecule has 4 nitrogen and oxygen atoms in total. The van der Waals surface area contributed by atoms with Crippen molar-refractivity contribution in [2.45, 2.75) is 26.7 Å². The topological polar surface area (TPSA) is 63.3 Å². The van der Waals surface area contributed by atoms with Gasteiger partial charge in [-0.25, -0.2) is 4.98 Å². The quantitative estimate of drug-likeness (QED) is 0.899. The van der Waals surface area contributed by atoms with Crippen molar-refractivity contribution < 1.29 is 14.3 Å². The van der Waals surface area contributed by atoms with Crippen LogP contribution in [0.25, 0.3) is 11.5 Å². The molecule has 0 atom stereocenters. The molecule has 1 aromatic heterocycles. The van der Waals surface area contributed by atoms with Crippen molar-refractivity contribution in [3.63, 3.8) is 0 Å². The van der Waals surface area contributed by atoms with E-state index >= 15 is 0 Å². The van der Waals surface area contributed by atoms with Crippen molar-refractivity contribution in [3.05, 3.63) is 41.3 Å². The molecule has 0 unspecified atom stereocenters. The van der Waals surface area contributed by atoms with E-state index in [-0.39, 0.29) is 6.42 Å². The lowest BCUT2D eigenvalue weighted by Crippen LogP contribution is -2.01. The fraction of sp³-hybridized carbons (Fsp3) is 0.286. The summed E-state index contributed by atoms with van der Waals surface area (Å²) in [7, 11) is 0. The van der Waals surface area contributed by atoms with Crippen LogP contribution in [0.5, 0.6) is 0 Å². The third-order valence-electron chi connectivity index (χ3n) is 2.82. The van der Waals surface area contributed by atoms with E-state index in [9.17, 15) is 4.79 Å². The van der Waals surface area contributed by atoms with Crippen molar-refractivity contribution >= 4 is 5.97 Å². The Bertz CT molecular complexity index is 555. The number of aryl methyl sites for hydroxylation is 2. The van der Waals surface area contributed by atoms with E-state index in [0.29, 0.717) is 17.3 Å². The van der Waals surface area contributed by atoms with Gasteiger partial charge < -0.3 is 9.52 Å². The number of aromatic nitrogens is 1. The monoisotopic (exact) mass is 245 g/mol. The Kier molecular flexibility index (Phi) is 3.46. The van der Waals surface area contributed by atoms with E-state index in [2.05, 4.69) is 11.9 Å². The Morgan fingerprint density at radius 1 is 1.33 bits per heavy atom. The van der Waals surface area contributed by atoms with E-state index < -0.39 is 5.97 Å². The first kappa shape index (κ1) is 12.4. The van der Waals surface area contributed by atoms with Gasteiger partial charge in [0.05, 0.1) is 12.1 Å². The highest BCUT2D eigenvalue weighted by Gasteiger charge is 2.13. The summed E-state index contributed by atoms with van der Waals surface area (Å²) < 4.78 is 5.50. The highest BCUT2D eigenvalue weighted by Crippen LogP contribution is 2.22. The van der Waals surface area contributed by atoms with Crippen molar-refractivity contribution in [2.24, 2.45) is 0 Å². The largest absolute Gasteiger partial charge is 0.481 e. The number of hydrogen-bond donors (Lipinski definition) is 1.